The predicted molar refractivity (Wildman–Crippen MR) is 108 cm³/mol. The van der Waals surface area contributed by atoms with Gasteiger partial charge in [0.25, 0.3) is 5.91 Å². The maximum Gasteiger partial charge on any atom is 0.251 e. The zero-order valence-corrected chi connectivity index (χ0v) is 16.2. The van der Waals surface area contributed by atoms with Gasteiger partial charge in [0.2, 0.25) is 0 Å². The minimum Gasteiger partial charge on any atom is -0.369 e. The Morgan fingerprint density at radius 3 is 2.54 bits per heavy atom. The topological polar surface area (TPSA) is 82.1 Å². The second-order valence-electron chi connectivity index (χ2n) is 7.13. The zero-order valence-electron chi connectivity index (χ0n) is 16.2. The molecule has 1 amide bonds. The zero-order chi connectivity index (χ0) is 19.5. The van der Waals surface area contributed by atoms with E-state index in [-0.39, 0.29) is 5.91 Å². The molecule has 2 aromatic heterocycles. The second kappa shape index (κ2) is 7.85. The largest absolute Gasteiger partial charge is 0.369 e. The van der Waals surface area contributed by atoms with Gasteiger partial charge in [-0.1, -0.05) is 0 Å². The van der Waals surface area contributed by atoms with Crippen molar-refractivity contribution in [1.29, 1.82) is 0 Å². The molecular formula is C20H25N7O. The molecule has 3 aromatic rings. The number of piperazine rings is 1. The van der Waals surface area contributed by atoms with E-state index in [1.807, 2.05) is 37.4 Å². The molecule has 0 unspecified atom stereocenters. The Morgan fingerprint density at radius 2 is 1.86 bits per heavy atom. The number of amides is 1. The van der Waals surface area contributed by atoms with Crippen molar-refractivity contribution in [3.8, 4) is 11.4 Å². The number of nitrogens with one attached hydrogen (secondary N) is 2. The number of likely N-dealkylation sites (N-methyl/N-ethyl adjacent to an activating group) is 1. The van der Waals surface area contributed by atoms with E-state index in [2.05, 4.69) is 37.5 Å². The Balaban J connectivity index is 1.38. The van der Waals surface area contributed by atoms with Crippen molar-refractivity contribution in [2.75, 3.05) is 38.1 Å². The summed E-state index contributed by atoms with van der Waals surface area (Å²) in [6.07, 6.45) is 3.47. The molecule has 1 aliphatic heterocycles. The molecule has 4 rings (SSSR count). The standard InChI is InChI=1S/C20H25N7O/c1-25-9-11-27(12-10-25)17-5-3-15(4-6-17)20(28)21-13-16-14-22-24-19(16)18-7-8-23-26(18)2/h3-8,14H,9-13H2,1-2H3,(H,21,28)(H,22,24). The van der Waals surface area contributed by atoms with Gasteiger partial charge in [0.05, 0.1) is 17.6 Å². The number of hydrogen-bond acceptors (Lipinski definition) is 5. The van der Waals surface area contributed by atoms with Crippen molar-refractivity contribution < 1.29 is 4.79 Å². The van der Waals surface area contributed by atoms with Crippen molar-refractivity contribution in [2.45, 2.75) is 6.54 Å². The number of aromatic nitrogens is 4. The van der Waals surface area contributed by atoms with E-state index >= 15 is 0 Å². The number of hydrogen-bond donors (Lipinski definition) is 2. The first-order valence-corrected chi connectivity index (χ1v) is 9.44. The summed E-state index contributed by atoms with van der Waals surface area (Å²) in [5, 5.41) is 14.3. The Bertz CT molecular complexity index is 936. The summed E-state index contributed by atoms with van der Waals surface area (Å²) in [6, 6.07) is 9.75. The minimum absolute atomic E-state index is 0.0953. The third-order valence-electron chi connectivity index (χ3n) is 5.23. The summed E-state index contributed by atoms with van der Waals surface area (Å²) in [7, 11) is 4.02. The highest BCUT2D eigenvalue weighted by atomic mass is 16.1. The van der Waals surface area contributed by atoms with Gasteiger partial charge in [-0.3, -0.25) is 14.6 Å². The second-order valence-corrected chi connectivity index (χ2v) is 7.13. The van der Waals surface area contributed by atoms with E-state index in [1.165, 1.54) is 0 Å². The Kier molecular flexibility index (Phi) is 5.12. The van der Waals surface area contributed by atoms with E-state index in [1.54, 1.807) is 17.1 Å². The summed E-state index contributed by atoms with van der Waals surface area (Å²) in [5.74, 6) is -0.0953. The molecule has 0 spiro atoms. The van der Waals surface area contributed by atoms with E-state index in [0.29, 0.717) is 12.1 Å². The number of aromatic amines is 1. The average Bonchev–Trinajstić information content (AvgIpc) is 3.35. The molecule has 146 valence electrons. The third kappa shape index (κ3) is 3.77. The maximum atomic E-state index is 12.6. The first-order valence-electron chi connectivity index (χ1n) is 9.44. The van der Waals surface area contributed by atoms with Crippen LogP contribution < -0.4 is 10.2 Å². The van der Waals surface area contributed by atoms with Crippen LogP contribution in [0.2, 0.25) is 0 Å². The molecule has 1 aliphatic rings. The molecule has 0 saturated carbocycles. The van der Waals surface area contributed by atoms with Crippen LogP contribution in [0.3, 0.4) is 0 Å². The van der Waals surface area contributed by atoms with E-state index in [9.17, 15) is 4.79 Å². The van der Waals surface area contributed by atoms with Crippen molar-refractivity contribution in [1.82, 2.24) is 30.2 Å². The van der Waals surface area contributed by atoms with Crippen molar-refractivity contribution in [3.63, 3.8) is 0 Å². The number of nitrogens with zero attached hydrogens (tertiary/aromatic N) is 5. The average molecular weight is 379 g/mol. The van der Waals surface area contributed by atoms with Gasteiger partial charge in [0.1, 0.15) is 0 Å². The molecule has 28 heavy (non-hydrogen) atoms. The number of anilines is 1. The first-order chi connectivity index (χ1) is 13.6. The van der Waals surface area contributed by atoms with Gasteiger partial charge in [-0.2, -0.15) is 10.2 Å². The Labute approximate surface area is 164 Å². The summed E-state index contributed by atoms with van der Waals surface area (Å²) in [5.41, 5.74) is 4.54. The summed E-state index contributed by atoms with van der Waals surface area (Å²) in [6.45, 7) is 4.55. The minimum atomic E-state index is -0.0953. The lowest BCUT2D eigenvalue weighted by molar-refractivity contribution is 0.0951. The monoisotopic (exact) mass is 379 g/mol. The van der Waals surface area contributed by atoms with E-state index in [4.69, 9.17) is 0 Å². The number of rotatable bonds is 5. The molecule has 2 N–H and O–H groups in total. The molecule has 3 heterocycles. The van der Waals surface area contributed by atoms with Crippen molar-refractivity contribution in [3.05, 3.63) is 53.9 Å². The summed E-state index contributed by atoms with van der Waals surface area (Å²) < 4.78 is 1.77. The fourth-order valence-corrected chi connectivity index (χ4v) is 3.45. The van der Waals surface area contributed by atoms with Gasteiger partial charge < -0.3 is 15.1 Å². The van der Waals surface area contributed by atoms with Crippen LogP contribution in [0.4, 0.5) is 5.69 Å². The Hall–Kier alpha value is -3.13. The van der Waals surface area contributed by atoms with E-state index < -0.39 is 0 Å². The van der Waals surface area contributed by atoms with Crippen LogP contribution in [-0.4, -0.2) is 64.0 Å². The molecular weight excluding hydrogens is 354 g/mol. The molecule has 0 radical (unpaired) electrons. The van der Waals surface area contributed by atoms with Crippen LogP contribution in [0, 0.1) is 0 Å². The summed E-state index contributed by atoms with van der Waals surface area (Å²) >= 11 is 0. The SMILES string of the molecule is CN1CCN(c2ccc(C(=O)NCc3cn[nH]c3-c3ccnn3C)cc2)CC1. The number of benzene rings is 1. The van der Waals surface area contributed by atoms with Crippen LogP contribution in [0.5, 0.6) is 0 Å². The first kappa shape index (κ1) is 18.2. The van der Waals surface area contributed by atoms with Gasteiger partial charge >= 0.3 is 0 Å². The quantitative estimate of drug-likeness (QED) is 0.702. The highest BCUT2D eigenvalue weighted by Gasteiger charge is 2.15. The Morgan fingerprint density at radius 1 is 1.11 bits per heavy atom. The van der Waals surface area contributed by atoms with Gasteiger partial charge in [-0.25, -0.2) is 0 Å². The molecule has 8 nitrogen and oxygen atoms in total. The fourth-order valence-electron chi connectivity index (χ4n) is 3.45. The molecule has 0 atom stereocenters. The van der Waals surface area contributed by atoms with Crippen molar-refractivity contribution >= 4 is 11.6 Å². The number of aryl methyl sites for hydroxylation is 1. The molecule has 1 fully saturated rings. The van der Waals surface area contributed by atoms with Crippen LogP contribution in [0.1, 0.15) is 15.9 Å². The highest BCUT2D eigenvalue weighted by molar-refractivity contribution is 5.94. The van der Waals surface area contributed by atoms with Crippen LogP contribution in [0.15, 0.2) is 42.7 Å². The lowest BCUT2D eigenvalue weighted by Gasteiger charge is -2.34. The molecule has 8 heteroatoms. The van der Waals surface area contributed by atoms with Crippen LogP contribution >= 0.6 is 0 Å². The molecule has 1 saturated heterocycles. The smallest absolute Gasteiger partial charge is 0.251 e. The summed E-state index contributed by atoms with van der Waals surface area (Å²) in [4.78, 5) is 17.2. The maximum absolute atomic E-state index is 12.6. The molecule has 0 aliphatic carbocycles. The third-order valence-corrected chi connectivity index (χ3v) is 5.23. The van der Waals surface area contributed by atoms with Gasteiger partial charge in [0.15, 0.2) is 0 Å². The fraction of sp³-hybridized carbons (Fsp3) is 0.350. The predicted octanol–water partition coefficient (Wildman–Crippen LogP) is 1.49. The van der Waals surface area contributed by atoms with Gasteiger partial charge in [-0.15, -0.1) is 0 Å². The van der Waals surface area contributed by atoms with Crippen LogP contribution in [-0.2, 0) is 13.6 Å². The lowest BCUT2D eigenvalue weighted by Crippen LogP contribution is -2.44. The molecule has 1 aromatic carbocycles. The van der Waals surface area contributed by atoms with Crippen LogP contribution in [0.25, 0.3) is 11.4 Å². The van der Waals surface area contributed by atoms with Gasteiger partial charge in [-0.05, 0) is 37.4 Å². The normalized spacial score (nSPS) is 15.0. The van der Waals surface area contributed by atoms with Crippen molar-refractivity contribution in [2.24, 2.45) is 7.05 Å². The number of H-pyrrole nitrogens is 1. The highest BCUT2D eigenvalue weighted by Crippen LogP contribution is 2.20. The molecule has 0 bridgehead atoms. The lowest BCUT2D eigenvalue weighted by atomic mass is 10.1. The number of carbonyl (C=O) groups is 1. The van der Waals surface area contributed by atoms with Gasteiger partial charge in [0, 0.05) is 62.8 Å². The number of carbonyl (C=O) groups excluding carboxylic acids is 1. The van der Waals surface area contributed by atoms with E-state index in [0.717, 1.165) is 48.8 Å².